The number of fused-ring (bicyclic) bond motifs is 1. The topological polar surface area (TPSA) is 59.1 Å². The smallest absolute Gasteiger partial charge is 0.373 e. The number of hydrogen-bond donors (Lipinski definition) is 0. The molecule has 2 heterocycles. The quantitative estimate of drug-likeness (QED) is 0.182. The molecule has 2 aliphatic heterocycles. The van der Waals surface area contributed by atoms with Gasteiger partial charge >= 0.3 is 5.97 Å². The van der Waals surface area contributed by atoms with Crippen molar-refractivity contribution in [2.24, 2.45) is 0 Å². The fourth-order valence-electron chi connectivity index (χ4n) is 4.43. The molecule has 0 N–H and O–H groups in total. The van der Waals surface area contributed by atoms with E-state index in [9.17, 15) is 9.59 Å². The minimum Gasteiger partial charge on any atom is -0.537 e. The van der Waals surface area contributed by atoms with Crippen molar-refractivity contribution >= 4 is 36.1 Å². The van der Waals surface area contributed by atoms with E-state index in [0.717, 1.165) is 15.6 Å². The van der Waals surface area contributed by atoms with Crippen molar-refractivity contribution in [1.29, 1.82) is 0 Å². The summed E-state index contributed by atoms with van der Waals surface area (Å²) >= 11 is 3.52. The minimum atomic E-state index is -2.39. The fourth-order valence-corrected chi connectivity index (χ4v) is 5.71. The Balaban J connectivity index is 1.87. The van der Waals surface area contributed by atoms with E-state index in [1.165, 1.54) is 7.11 Å². The van der Waals surface area contributed by atoms with Gasteiger partial charge in [-0.3, -0.25) is 4.79 Å². The van der Waals surface area contributed by atoms with Crippen LogP contribution in [0.2, 0.25) is 18.1 Å². The summed E-state index contributed by atoms with van der Waals surface area (Å²) in [5, 5.41) is 3.68. The Hall–Kier alpha value is -2.42. The number of ether oxygens (including phenoxy) is 1. The molecule has 0 spiro atoms. The molecule has 0 unspecified atom stereocenters. The summed E-state index contributed by atoms with van der Waals surface area (Å²) in [6, 6.07) is 17.9. The zero-order chi connectivity index (χ0) is 25.5. The van der Waals surface area contributed by atoms with Crippen LogP contribution in [-0.2, 0) is 18.8 Å². The summed E-state index contributed by atoms with van der Waals surface area (Å²) in [6.45, 7) is 10.5. The molecular formula is C27H33BrN2O4Si. The Morgan fingerprint density at radius 1 is 0.971 bits per heavy atom. The first-order valence-electron chi connectivity index (χ1n) is 11.9. The number of nitrogens with zero attached hydrogens (tertiary/aromatic N) is 2. The van der Waals surface area contributed by atoms with Gasteiger partial charge in [0.15, 0.2) is 0 Å². The van der Waals surface area contributed by atoms with Crippen molar-refractivity contribution in [2.75, 3.05) is 7.11 Å². The van der Waals surface area contributed by atoms with Crippen LogP contribution in [0.25, 0.3) is 0 Å². The van der Waals surface area contributed by atoms with Crippen LogP contribution in [0.3, 0.4) is 0 Å². The Morgan fingerprint density at radius 3 is 2.11 bits per heavy atom. The van der Waals surface area contributed by atoms with Crippen molar-refractivity contribution < 1.29 is 18.8 Å². The van der Waals surface area contributed by atoms with Crippen LogP contribution in [0.1, 0.15) is 56.8 Å². The molecular weight excluding hydrogens is 524 g/mol. The molecule has 0 saturated carbocycles. The van der Waals surface area contributed by atoms with Gasteiger partial charge in [-0.05, 0) is 41.4 Å². The lowest BCUT2D eigenvalue weighted by molar-refractivity contribution is -0.139. The molecule has 4 rings (SSSR count). The van der Waals surface area contributed by atoms with Crippen molar-refractivity contribution in [3.8, 4) is 0 Å². The summed E-state index contributed by atoms with van der Waals surface area (Å²) in [6.07, 6.45) is 0.796. The van der Waals surface area contributed by atoms with Crippen LogP contribution in [0.5, 0.6) is 0 Å². The number of amides is 1. The maximum Gasteiger partial charge on any atom is 0.373 e. The van der Waals surface area contributed by atoms with Crippen molar-refractivity contribution in [3.63, 3.8) is 0 Å². The van der Waals surface area contributed by atoms with Gasteiger partial charge in [0.05, 0.1) is 31.3 Å². The average molecular weight is 558 g/mol. The number of hydrogen-bond acceptors (Lipinski definition) is 5. The molecule has 186 valence electrons. The Morgan fingerprint density at radius 2 is 1.54 bits per heavy atom. The molecule has 0 radical (unpaired) electrons. The third kappa shape index (κ3) is 4.84. The van der Waals surface area contributed by atoms with Gasteiger partial charge in [-0.15, -0.1) is 0 Å². The average Bonchev–Trinajstić information content (AvgIpc) is 3.36. The first-order valence-corrected chi connectivity index (χ1v) is 15.6. The highest BCUT2D eigenvalue weighted by atomic mass is 79.9. The van der Waals surface area contributed by atoms with Gasteiger partial charge in [-0.2, -0.15) is 5.01 Å². The van der Waals surface area contributed by atoms with E-state index < -0.39 is 14.3 Å². The maximum atomic E-state index is 13.5. The van der Waals surface area contributed by atoms with Crippen LogP contribution < -0.4 is 0 Å². The molecule has 6 nitrogen and oxygen atoms in total. The monoisotopic (exact) mass is 556 g/mol. The number of hydrazine groups is 1. The second kappa shape index (κ2) is 9.56. The number of benzene rings is 2. The number of methoxy groups -OCH3 is 1. The Bertz CT molecular complexity index is 1140. The zero-order valence-corrected chi connectivity index (χ0v) is 23.8. The van der Waals surface area contributed by atoms with Gasteiger partial charge in [0.1, 0.15) is 0 Å². The van der Waals surface area contributed by atoms with Gasteiger partial charge in [0, 0.05) is 10.9 Å². The summed E-state index contributed by atoms with van der Waals surface area (Å²) in [4.78, 5) is 26.6. The molecule has 0 aromatic heterocycles. The van der Waals surface area contributed by atoms with Gasteiger partial charge in [-0.25, -0.2) is 9.80 Å². The summed E-state index contributed by atoms with van der Waals surface area (Å²) in [5.74, 6) is -0.434. The van der Waals surface area contributed by atoms with E-state index in [0.29, 0.717) is 18.5 Å². The highest BCUT2D eigenvalue weighted by Crippen LogP contribution is 2.51. The molecule has 8 heteroatoms. The maximum absolute atomic E-state index is 13.5. The fraction of sp³-hybridized carbons (Fsp3) is 0.407. The van der Waals surface area contributed by atoms with Gasteiger partial charge in [0.2, 0.25) is 11.7 Å². The highest BCUT2D eigenvalue weighted by Gasteiger charge is 2.52. The minimum absolute atomic E-state index is 0.0475. The second-order valence-electron chi connectivity index (χ2n) is 10.6. The van der Waals surface area contributed by atoms with Crippen molar-refractivity contribution in [2.45, 2.75) is 63.8 Å². The molecule has 2 saturated heterocycles. The number of esters is 1. The van der Waals surface area contributed by atoms with Gasteiger partial charge < -0.3 is 9.16 Å². The van der Waals surface area contributed by atoms with Gasteiger partial charge in [0.25, 0.3) is 8.32 Å². The standard InChI is InChI=1S/C27H33BrN2O4Si/c1-27(2,3)35(5,6)34-25(26(32)33-4)23-16-21(19-12-14-20(28)15-13-19)29-22(17-24(31)30(23)29)18-10-8-7-9-11-18/h7-15,21-22H,16-17H2,1-6H3/b25-23+/t21-,22+/m1/s1. The molecule has 1 amide bonds. The largest absolute Gasteiger partial charge is 0.537 e. The van der Waals surface area contributed by atoms with Crippen molar-refractivity contribution in [3.05, 3.63) is 81.7 Å². The van der Waals surface area contributed by atoms with E-state index in [4.69, 9.17) is 9.16 Å². The molecule has 35 heavy (non-hydrogen) atoms. The van der Waals surface area contributed by atoms with E-state index in [2.05, 4.69) is 79.1 Å². The van der Waals surface area contributed by atoms with Crippen LogP contribution in [0.4, 0.5) is 0 Å². The van der Waals surface area contributed by atoms with Gasteiger partial charge in [-0.1, -0.05) is 79.2 Å². The molecule has 0 aliphatic carbocycles. The number of carbonyl (C=O) groups excluding carboxylic acids is 2. The number of halogens is 1. The first kappa shape index (κ1) is 25.7. The molecule has 2 aromatic rings. The lowest BCUT2D eigenvalue weighted by Crippen LogP contribution is -2.43. The Labute approximate surface area is 217 Å². The summed E-state index contributed by atoms with van der Waals surface area (Å²) in [5.41, 5.74) is 2.72. The summed E-state index contributed by atoms with van der Waals surface area (Å²) < 4.78 is 12.7. The van der Waals surface area contributed by atoms with Crippen LogP contribution >= 0.6 is 15.9 Å². The lowest BCUT2D eigenvalue weighted by Gasteiger charge is -2.37. The SMILES string of the molecule is COC(=O)/C(O[Si](C)(C)C(C)(C)C)=C1/C[C@H](c2ccc(Br)cc2)N2[C@H](c3ccccc3)CC(=O)N12. The first-order chi connectivity index (χ1) is 16.4. The molecule has 0 bridgehead atoms. The Kier molecular flexibility index (Phi) is 7.01. The van der Waals surface area contributed by atoms with E-state index in [-0.39, 0.29) is 28.8 Å². The van der Waals surface area contributed by atoms with Crippen LogP contribution in [-0.4, -0.2) is 37.3 Å². The predicted molar refractivity (Wildman–Crippen MR) is 141 cm³/mol. The van der Waals surface area contributed by atoms with Crippen LogP contribution in [0, 0.1) is 0 Å². The zero-order valence-electron chi connectivity index (χ0n) is 21.2. The molecule has 2 aliphatic rings. The van der Waals surface area contributed by atoms with E-state index in [1.807, 2.05) is 30.3 Å². The number of carbonyl (C=O) groups is 2. The third-order valence-electron chi connectivity index (χ3n) is 7.35. The molecule has 2 aromatic carbocycles. The second-order valence-corrected chi connectivity index (χ2v) is 16.3. The summed E-state index contributed by atoms with van der Waals surface area (Å²) in [7, 11) is -1.04. The van der Waals surface area contributed by atoms with E-state index >= 15 is 0 Å². The predicted octanol–water partition coefficient (Wildman–Crippen LogP) is 6.49. The normalized spacial score (nSPS) is 22.3. The molecule has 2 fully saturated rings. The molecule has 2 atom stereocenters. The van der Waals surface area contributed by atoms with Crippen LogP contribution in [0.15, 0.2) is 70.5 Å². The lowest BCUT2D eigenvalue weighted by atomic mass is 9.98. The van der Waals surface area contributed by atoms with Crippen molar-refractivity contribution in [1.82, 2.24) is 10.0 Å². The highest BCUT2D eigenvalue weighted by molar-refractivity contribution is 9.10. The number of rotatable bonds is 5. The third-order valence-corrected chi connectivity index (χ3v) is 12.2. The van der Waals surface area contributed by atoms with E-state index in [1.54, 1.807) is 5.01 Å².